The van der Waals surface area contributed by atoms with Crippen LogP contribution in [0, 0.1) is 16.0 Å². The van der Waals surface area contributed by atoms with Gasteiger partial charge in [0.1, 0.15) is 5.69 Å². The molecule has 7 nitrogen and oxygen atoms in total. The van der Waals surface area contributed by atoms with Gasteiger partial charge >= 0.3 is 0 Å². The number of likely N-dealkylation sites (tertiary alicyclic amines) is 1. The second-order valence-electron chi connectivity index (χ2n) is 6.97. The van der Waals surface area contributed by atoms with Crippen LogP contribution < -0.4 is 11.1 Å². The van der Waals surface area contributed by atoms with Crippen LogP contribution in [0.15, 0.2) is 48.5 Å². The Morgan fingerprint density at radius 2 is 1.89 bits per heavy atom. The summed E-state index contributed by atoms with van der Waals surface area (Å²) < 4.78 is 0. The molecule has 0 radical (unpaired) electrons. The van der Waals surface area contributed by atoms with Gasteiger partial charge in [0.2, 0.25) is 0 Å². The van der Waals surface area contributed by atoms with Crippen molar-refractivity contribution in [3.05, 3.63) is 64.2 Å². The molecule has 0 spiro atoms. The zero-order valence-electron chi connectivity index (χ0n) is 15.3. The number of hydrogen-bond donors (Lipinski definition) is 2. The molecule has 1 amide bonds. The number of nitrogens with one attached hydrogen (secondary N) is 1. The minimum absolute atomic E-state index is 0.116. The van der Waals surface area contributed by atoms with Crippen LogP contribution in [-0.2, 0) is 0 Å². The molecule has 1 heterocycles. The van der Waals surface area contributed by atoms with Gasteiger partial charge < -0.3 is 16.0 Å². The van der Waals surface area contributed by atoms with Crippen molar-refractivity contribution < 1.29 is 9.72 Å². The average molecular weight is 368 g/mol. The van der Waals surface area contributed by atoms with Crippen molar-refractivity contribution in [2.24, 2.45) is 11.7 Å². The maximum Gasteiger partial charge on any atom is 0.293 e. The Morgan fingerprint density at radius 3 is 2.48 bits per heavy atom. The number of rotatable bonds is 5. The molecule has 7 heteroatoms. The SMILES string of the molecule is CC(N)C1CCN(C(=O)c2ccc(Nc3ccccc3)c([N+](=O)[O-])c2)CC1. The van der Waals surface area contributed by atoms with Crippen molar-refractivity contribution in [2.45, 2.75) is 25.8 Å². The molecule has 1 unspecified atom stereocenters. The molecule has 142 valence electrons. The quantitative estimate of drug-likeness (QED) is 0.621. The zero-order valence-corrected chi connectivity index (χ0v) is 15.3. The Morgan fingerprint density at radius 1 is 1.22 bits per heavy atom. The van der Waals surface area contributed by atoms with E-state index in [-0.39, 0.29) is 17.6 Å². The zero-order chi connectivity index (χ0) is 19.4. The number of nitro benzene ring substituents is 1. The van der Waals surface area contributed by atoms with Gasteiger partial charge in [-0.2, -0.15) is 0 Å². The summed E-state index contributed by atoms with van der Waals surface area (Å²) in [5, 5.41) is 14.5. The van der Waals surface area contributed by atoms with Gasteiger partial charge in [0, 0.05) is 36.4 Å². The fourth-order valence-corrected chi connectivity index (χ4v) is 3.41. The number of para-hydroxylation sites is 1. The second kappa shape index (κ2) is 8.18. The van der Waals surface area contributed by atoms with Gasteiger partial charge in [-0.15, -0.1) is 0 Å². The highest BCUT2D eigenvalue weighted by Gasteiger charge is 2.27. The predicted molar refractivity (Wildman–Crippen MR) is 105 cm³/mol. The van der Waals surface area contributed by atoms with Crippen LogP contribution in [0.1, 0.15) is 30.1 Å². The number of carbonyl (C=O) groups is 1. The summed E-state index contributed by atoms with van der Waals surface area (Å²) in [5.41, 5.74) is 7.27. The Labute approximate surface area is 158 Å². The van der Waals surface area contributed by atoms with E-state index in [2.05, 4.69) is 5.32 Å². The number of hydrogen-bond acceptors (Lipinski definition) is 5. The third-order valence-corrected chi connectivity index (χ3v) is 5.06. The number of benzene rings is 2. The first-order valence-electron chi connectivity index (χ1n) is 9.11. The number of nitrogens with two attached hydrogens (primary N) is 1. The van der Waals surface area contributed by atoms with Crippen LogP contribution >= 0.6 is 0 Å². The molecule has 3 rings (SSSR count). The normalized spacial score (nSPS) is 16.0. The Bertz CT molecular complexity index is 815. The number of piperidine rings is 1. The number of amides is 1. The number of nitro groups is 1. The van der Waals surface area contributed by atoms with Crippen LogP contribution in [-0.4, -0.2) is 34.9 Å². The van der Waals surface area contributed by atoms with Crippen molar-refractivity contribution in [3.8, 4) is 0 Å². The molecule has 0 saturated carbocycles. The van der Waals surface area contributed by atoms with Crippen molar-refractivity contribution >= 4 is 23.0 Å². The second-order valence-corrected chi connectivity index (χ2v) is 6.97. The molecule has 1 fully saturated rings. The van der Waals surface area contributed by atoms with E-state index in [1.54, 1.807) is 17.0 Å². The first kappa shape index (κ1) is 18.8. The van der Waals surface area contributed by atoms with Crippen molar-refractivity contribution in [2.75, 3.05) is 18.4 Å². The van der Waals surface area contributed by atoms with E-state index in [0.717, 1.165) is 18.5 Å². The molecule has 3 N–H and O–H groups in total. The molecular formula is C20H24N4O3. The molecule has 27 heavy (non-hydrogen) atoms. The van der Waals surface area contributed by atoms with Gasteiger partial charge in [0.15, 0.2) is 0 Å². The van der Waals surface area contributed by atoms with E-state index in [1.165, 1.54) is 6.07 Å². The lowest BCUT2D eigenvalue weighted by Gasteiger charge is -2.33. The summed E-state index contributed by atoms with van der Waals surface area (Å²) in [6.07, 6.45) is 1.72. The van der Waals surface area contributed by atoms with E-state index in [9.17, 15) is 14.9 Å². The lowest BCUT2D eigenvalue weighted by atomic mass is 9.90. The summed E-state index contributed by atoms with van der Waals surface area (Å²) in [6.45, 7) is 3.25. The molecule has 2 aromatic rings. The molecule has 1 atom stereocenters. The Kier molecular flexibility index (Phi) is 5.71. The maximum atomic E-state index is 12.8. The molecule has 1 saturated heterocycles. The fourth-order valence-electron chi connectivity index (χ4n) is 3.41. The van der Waals surface area contributed by atoms with E-state index in [1.807, 2.05) is 37.3 Å². The summed E-state index contributed by atoms with van der Waals surface area (Å²) in [5.74, 6) is 0.244. The van der Waals surface area contributed by atoms with E-state index in [4.69, 9.17) is 5.73 Å². The van der Waals surface area contributed by atoms with Gasteiger partial charge in [-0.1, -0.05) is 18.2 Å². The summed E-state index contributed by atoms with van der Waals surface area (Å²) in [7, 11) is 0. The minimum atomic E-state index is -0.468. The minimum Gasteiger partial charge on any atom is -0.350 e. The molecule has 0 aliphatic carbocycles. The fraction of sp³-hybridized carbons (Fsp3) is 0.350. The van der Waals surface area contributed by atoms with E-state index < -0.39 is 4.92 Å². The van der Waals surface area contributed by atoms with Crippen LogP contribution in [0.3, 0.4) is 0 Å². The van der Waals surface area contributed by atoms with Crippen molar-refractivity contribution in [3.63, 3.8) is 0 Å². The van der Waals surface area contributed by atoms with Crippen molar-refractivity contribution in [1.29, 1.82) is 0 Å². The largest absolute Gasteiger partial charge is 0.350 e. The highest BCUT2D eigenvalue weighted by atomic mass is 16.6. The molecule has 2 aromatic carbocycles. The molecule has 0 bridgehead atoms. The maximum absolute atomic E-state index is 12.8. The predicted octanol–water partition coefficient (Wildman–Crippen LogP) is 3.54. The molecular weight excluding hydrogens is 344 g/mol. The van der Waals surface area contributed by atoms with Crippen LogP contribution in [0.25, 0.3) is 0 Å². The molecule has 1 aliphatic rings. The Hall–Kier alpha value is -2.93. The molecule has 0 aromatic heterocycles. The Balaban J connectivity index is 1.77. The van der Waals surface area contributed by atoms with Gasteiger partial charge in [-0.25, -0.2) is 0 Å². The highest BCUT2D eigenvalue weighted by Crippen LogP contribution is 2.30. The van der Waals surface area contributed by atoms with Gasteiger partial charge in [-0.05, 0) is 49.9 Å². The van der Waals surface area contributed by atoms with Gasteiger partial charge in [0.25, 0.3) is 11.6 Å². The lowest BCUT2D eigenvalue weighted by Crippen LogP contribution is -2.42. The number of carbonyl (C=O) groups excluding carboxylic acids is 1. The number of nitrogens with zero attached hydrogens (tertiary/aromatic N) is 2. The van der Waals surface area contributed by atoms with Crippen LogP contribution in [0.5, 0.6) is 0 Å². The smallest absolute Gasteiger partial charge is 0.293 e. The number of anilines is 2. The van der Waals surface area contributed by atoms with E-state index in [0.29, 0.717) is 30.3 Å². The summed E-state index contributed by atoms with van der Waals surface area (Å²) >= 11 is 0. The average Bonchev–Trinajstić information content (AvgIpc) is 2.68. The summed E-state index contributed by atoms with van der Waals surface area (Å²) in [6, 6.07) is 13.9. The molecule has 1 aliphatic heterocycles. The van der Waals surface area contributed by atoms with Crippen LogP contribution in [0.4, 0.5) is 17.1 Å². The van der Waals surface area contributed by atoms with E-state index >= 15 is 0 Å². The standard InChI is InChI=1S/C20H24N4O3/c1-14(21)15-9-11-23(12-10-15)20(25)16-7-8-18(19(13-16)24(26)27)22-17-5-3-2-4-6-17/h2-8,13-15,22H,9-12,21H2,1H3. The highest BCUT2D eigenvalue weighted by molar-refractivity contribution is 5.96. The van der Waals surface area contributed by atoms with Crippen molar-refractivity contribution in [1.82, 2.24) is 4.90 Å². The third-order valence-electron chi connectivity index (χ3n) is 5.06. The van der Waals surface area contributed by atoms with Gasteiger partial charge in [0.05, 0.1) is 4.92 Å². The van der Waals surface area contributed by atoms with Gasteiger partial charge in [-0.3, -0.25) is 14.9 Å². The van der Waals surface area contributed by atoms with Crippen LogP contribution in [0.2, 0.25) is 0 Å². The topological polar surface area (TPSA) is 102 Å². The summed E-state index contributed by atoms with van der Waals surface area (Å²) in [4.78, 5) is 25.6. The first-order chi connectivity index (χ1) is 13.0. The monoisotopic (exact) mass is 368 g/mol. The lowest BCUT2D eigenvalue weighted by molar-refractivity contribution is -0.383. The first-order valence-corrected chi connectivity index (χ1v) is 9.11. The third kappa shape index (κ3) is 4.43.